The van der Waals surface area contributed by atoms with Crippen LogP contribution in [-0.2, 0) is 0 Å². The summed E-state index contributed by atoms with van der Waals surface area (Å²) in [5.41, 5.74) is 1.08. The molecule has 0 fully saturated rings. The fourth-order valence-corrected chi connectivity index (χ4v) is 1.73. The van der Waals surface area contributed by atoms with Crippen molar-refractivity contribution in [3.63, 3.8) is 0 Å². The number of aromatic nitrogens is 2. The maximum atomic E-state index is 10.7. The molecule has 0 atom stereocenters. The largest absolute Gasteiger partial charge is 0.478 e. The highest BCUT2D eigenvalue weighted by molar-refractivity contribution is 9.10. The highest BCUT2D eigenvalue weighted by atomic mass is 79.9. The number of carbonyl (C=O) groups is 1. The maximum Gasteiger partial charge on any atom is 0.335 e. The van der Waals surface area contributed by atoms with E-state index < -0.39 is 5.97 Å². The molecule has 0 saturated heterocycles. The predicted molar refractivity (Wildman–Crippen MR) is 64.5 cm³/mol. The Morgan fingerprint density at radius 1 is 1.47 bits per heavy atom. The van der Waals surface area contributed by atoms with Gasteiger partial charge in [-0.1, -0.05) is 0 Å². The average molecular weight is 297 g/mol. The van der Waals surface area contributed by atoms with Gasteiger partial charge in [0.05, 0.1) is 10.0 Å². The molecule has 0 unspecified atom stereocenters. The summed E-state index contributed by atoms with van der Waals surface area (Å²) in [7, 11) is 0. The quantitative estimate of drug-likeness (QED) is 0.913. The highest BCUT2D eigenvalue weighted by Crippen LogP contribution is 2.29. The zero-order valence-corrected chi connectivity index (χ0v) is 10.5. The summed E-state index contributed by atoms with van der Waals surface area (Å²) in [4.78, 5) is 10.7. The van der Waals surface area contributed by atoms with Crippen LogP contribution in [0.2, 0.25) is 0 Å². The van der Waals surface area contributed by atoms with Crippen LogP contribution in [0.5, 0.6) is 11.6 Å². The third kappa shape index (κ3) is 2.65. The molecule has 0 spiro atoms. The monoisotopic (exact) mass is 296 g/mol. The predicted octanol–water partition coefficient (Wildman–Crippen LogP) is 2.97. The minimum atomic E-state index is -0.979. The van der Waals surface area contributed by atoms with Crippen LogP contribution in [0, 0.1) is 6.92 Å². The molecule has 5 nitrogen and oxygen atoms in total. The lowest BCUT2D eigenvalue weighted by Gasteiger charge is -2.05. The molecule has 1 aromatic carbocycles. The normalized spacial score (nSPS) is 10.2. The molecule has 1 aromatic heterocycles. The Kier molecular flexibility index (Phi) is 3.14. The molecule has 0 aliphatic heterocycles. The number of rotatable bonds is 3. The van der Waals surface area contributed by atoms with Gasteiger partial charge < -0.3 is 9.84 Å². The third-order valence-corrected chi connectivity index (χ3v) is 2.70. The van der Waals surface area contributed by atoms with Crippen LogP contribution >= 0.6 is 15.9 Å². The number of hydrogen-bond acceptors (Lipinski definition) is 3. The van der Waals surface area contributed by atoms with E-state index in [1.54, 1.807) is 12.1 Å². The number of benzene rings is 1. The van der Waals surface area contributed by atoms with E-state index in [9.17, 15) is 4.79 Å². The molecule has 0 bridgehead atoms. The average Bonchev–Trinajstić information content (AvgIpc) is 2.67. The van der Waals surface area contributed by atoms with Gasteiger partial charge in [0.1, 0.15) is 5.75 Å². The van der Waals surface area contributed by atoms with E-state index in [0.717, 1.165) is 5.69 Å². The summed E-state index contributed by atoms with van der Waals surface area (Å²) >= 11 is 3.25. The molecule has 0 aliphatic rings. The number of carboxylic acid groups (broad SMARTS) is 1. The van der Waals surface area contributed by atoms with E-state index >= 15 is 0 Å². The molecule has 88 valence electrons. The number of aromatic amines is 1. The summed E-state index contributed by atoms with van der Waals surface area (Å²) in [5.74, 6) is -0.0272. The molecular formula is C11H9BrN2O3. The van der Waals surface area contributed by atoms with Gasteiger partial charge in [-0.25, -0.2) is 4.79 Å². The Labute approximate surface area is 106 Å². The maximum absolute atomic E-state index is 10.7. The standard InChI is InChI=1S/C11H9BrN2O3/c1-6-4-10(14-13-6)17-9-3-2-7(11(15)16)5-8(9)12/h2-5H,1H3,(H,13,14)(H,15,16). The Morgan fingerprint density at radius 3 is 2.76 bits per heavy atom. The van der Waals surface area contributed by atoms with Gasteiger partial charge in [0.25, 0.3) is 0 Å². The Morgan fingerprint density at radius 2 is 2.24 bits per heavy atom. The molecular weight excluding hydrogens is 288 g/mol. The van der Waals surface area contributed by atoms with Gasteiger partial charge in [-0.05, 0) is 41.1 Å². The third-order valence-electron chi connectivity index (χ3n) is 2.08. The molecule has 6 heteroatoms. The SMILES string of the molecule is Cc1cc(Oc2ccc(C(=O)O)cc2Br)n[nH]1. The number of nitrogens with one attached hydrogen (secondary N) is 1. The summed E-state index contributed by atoms with van der Waals surface area (Å²) in [6.07, 6.45) is 0. The Bertz CT molecular complexity index is 566. The zero-order valence-electron chi connectivity index (χ0n) is 8.90. The molecule has 17 heavy (non-hydrogen) atoms. The smallest absolute Gasteiger partial charge is 0.335 e. The van der Waals surface area contributed by atoms with E-state index in [4.69, 9.17) is 9.84 Å². The van der Waals surface area contributed by atoms with E-state index in [-0.39, 0.29) is 5.56 Å². The number of H-pyrrole nitrogens is 1. The lowest BCUT2D eigenvalue weighted by molar-refractivity contribution is 0.0697. The van der Waals surface area contributed by atoms with Gasteiger partial charge in [-0.2, -0.15) is 0 Å². The lowest BCUT2D eigenvalue weighted by atomic mass is 10.2. The molecule has 1 heterocycles. The first kappa shape index (κ1) is 11.7. The topological polar surface area (TPSA) is 75.2 Å². The second kappa shape index (κ2) is 4.58. The second-order valence-corrected chi connectivity index (χ2v) is 4.30. The summed E-state index contributed by atoms with van der Waals surface area (Å²) < 4.78 is 6.05. The van der Waals surface area contributed by atoms with E-state index in [1.165, 1.54) is 12.1 Å². The highest BCUT2D eigenvalue weighted by Gasteiger charge is 2.09. The zero-order chi connectivity index (χ0) is 12.4. The van der Waals surface area contributed by atoms with E-state index in [2.05, 4.69) is 26.1 Å². The van der Waals surface area contributed by atoms with Crippen molar-refractivity contribution in [2.75, 3.05) is 0 Å². The van der Waals surface area contributed by atoms with Crippen LogP contribution in [-0.4, -0.2) is 21.3 Å². The summed E-state index contributed by atoms with van der Waals surface area (Å²) in [5, 5.41) is 15.5. The van der Waals surface area contributed by atoms with Crippen LogP contribution in [0.3, 0.4) is 0 Å². The molecule has 0 amide bonds. The van der Waals surface area contributed by atoms with Crippen LogP contribution in [0.4, 0.5) is 0 Å². The molecule has 0 aliphatic carbocycles. The second-order valence-electron chi connectivity index (χ2n) is 3.44. The van der Waals surface area contributed by atoms with Crippen molar-refractivity contribution < 1.29 is 14.6 Å². The van der Waals surface area contributed by atoms with Crippen molar-refractivity contribution in [1.82, 2.24) is 10.2 Å². The van der Waals surface area contributed by atoms with Crippen molar-refractivity contribution >= 4 is 21.9 Å². The summed E-state index contributed by atoms with van der Waals surface area (Å²) in [6, 6.07) is 6.29. The van der Waals surface area contributed by atoms with Crippen LogP contribution < -0.4 is 4.74 Å². The van der Waals surface area contributed by atoms with Crippen molar-refractivity contribution in [3.8, 4) is 11.6 Å². The number of carboxylic acids is 1. The fourth-order valence-electron chi connectivity index (χ4n) is 1.27. The first-order valence-corrected chi connectivity index (χ1v) is 5.58. The van der Waals surface area contributed by atoms with Crippen molar-refractivity contribution in [3.05, 3.63) is 40.0 Å². The minimum absolute atomic E-state index is 0.197. The van der Waals surface area contributed by atoms with Gasteiger partial charge in [-0.15, -0.1) is 5.10 Å². The number of hydrogen-bond donors (Lipinski definition) is 2. The Balaban J connectivity index is 2.25. The Hall–Kier alpha value is -1.82. The van der Waals surface area contributed by atoms with Gasteiger partial charge >= 0.3 is 5.97 Å². The van der Waals surface area contributed by atoms with Crippen molar-refractivity contribution in [2.24, 2.45) is 0 Å². The van der Waals surface area contributed by atoms with Crippen LogP contribution in [0.1, 0.15) is 16.1 Å². The number of ether oxygens (including phenoxy) is 1. The van der Waals surface area contributed by atoms with Gasteiger partial charge in [-0.3, -0.25) is 5.10 Å². The molecule has 2 rings (SSSR count). The first-order valence-electron chi connectivity index (χ1n) is 4.79. The molecule has 0 saturated carbocycles. The molecule has 2 N–H and O–H groups in total. The van der Waals surface area contributed by atoms with Crippen molar-refractivity contribution in [2.45, 2.75) is 6.92 Å². The van der Waals surface area contributed by atoms with Crippen LogP contribution in [0.25, 0.3) is 0 Å². The fraction of sp³-hybridized carbons (Fsp3) is 0.0909. The first-order chi connectivity index (χ1) is 8.06. The number of aryl methyl sites for hydroxylation is 1. The number of aromatic carboxylic acids is 1. The summed E-state index contributed by atoms with van der Waals surface area (Å²) in [6.45, 7) is 1.86. The molecule has 0 radical (unpaired) electrons. The van der Waals surface area contributed by atoms with Gasteiger partial charge in [0, 0.05) is 11.8 Å². The van der Waals surface area contributed by atoms with E-state index in [1.807, 2.05) is 6.92 Å². The molecule has 2 aromatic rings. The number of halogens is 1. The van der Waals surface area contributed by atoms with E-state index in [0.29, 0.717) is 16.1 Å². The van der Waals surface area contributed by atoms with Crippen LogP contribution in [0.15, 0.2) is 28.7 Å². The van der Waals surface area contributed by atoms with Crippen molar-refractivity contribution in [1.29, 1.82) is 0 Å². The van der Waals surface area contributed by atoms with Gasteiger partial charge in [0.15, 0.2) is 0 Å². The lowest BCUT2D eigenvalue weighted by Crippen LogP contribution is -1.96. The van der Waals surface area contributed by atoms with Gasteiger partial charge in [0.2, 0.25) is 5.88 Å². The minimum Gasteiger partial charge on any atom is -0.478 e. The number of nitrogens with zero attached hydrogens (tertiary/aromatic N) is 1.